The van der Waals surface area contributed by atoms with Gasteiger partial charge in [-0.2, -0.15) is 0 Å². The van der Waals surface area contributed by atoms with Crippen LogP contribution in [0.15, 0.2) is 36.4 Å². The van der Waals surface area contributed by atoms with Gasteiger partial charge in [-0.05, 0) is 49.8 Å². The van der Waals surface area contributed by atoms with Crippen molar-refractivity contribution in [1.29, 1.82) is 0 Å². The van der Waals surface area contributed by atoms with Gasteiger partial charge in [0.2, 0.25) is 23.6 Å². The lowest BCUT2D eigenvalue weighted by Crippen LogP contribution is -2.51. The van der Waals surface area contributed by atoms with Crippen molar-refractivity contribution in [3.05, 3.63) is 47.0 Å². The van der Waals surface area contributed by atoms with Gasteiger partial charge in [0.1, 0.15) is 6.04 Å². The molecule has 0 radical (unpaired) electrons. The van der Waals surface area contributed by atoms with Crippen molar-refractivity contribution < 1.29 is 19.2 Å². The predicted molar refractivity (Wildman–Crippen MR) is 133 cm³/mol. The first-order valence-electron chi connectivity index (χ1n) is 12.7. The van der Waals surface area contributed by atoms with Gasteiger partial charge in [-0.1, -0.05) is 55.7 Å². The lowest BCUT2D eigenvalue weighted by Gasteiger charge is -2.32. The number of hydrogen-bond acceptors (Lipinski definition) is 4. The summed E-state index contributed by atoms with van der Waals surface area (Å²) in [7, 11) is 0. The molecule has 0 aromatic heterocycles. The molecule has 1 N–H and O–H groups in total. The second-order valence-corrected chi connectivity index (χ2v) is 10.2. The zero-order chi connectivity index (χ0) is 24.9. The highest BCUT2D eigenvalue weighted by Crippen LogP contribution is 2.35. The number of carbonyl (C=O) groups is 4. The van der Waals surface area contributed by atoms with E-state index < -0.39 is 6.04 Å². The fraction of sp³-hybridized carbons (Fsp3) is 0.556. The van der Waals surface area contributed by atoms with Crippen LogP contribution in [-0.4, -0.2) is 52.1 Å². The first-order valence-corrected chi connectivity index (χ1v) is 13.1. The summed E-state index contributed by atoms with van der Waals surface area (Å²) in [6, 6.07) is 6.73. The van der Waals surface area contributed by atoms with E-state index in [-0.39, 0.29) is 61.0 Å². The van der Waals surface area contributed by atoms with Crippen LogP contribution in [0.5, 0.6) is 0 Å². The minimum absolute atomic E-state index is 0.00878. The molecule has 1 aliphatic heterocycles. The molecule has 1 saturated heterocycles. The van der Waals surface area contributed by atoms with Crippen molar-refractivity contribution in [1.82, 2.24) is 15.1 Å². The number of likely N-dealkylation sites (tertiary alicyclic amines) is 1. The van der Waals surface area contributed by atoms with E-state index >= 15 is 0 Å². The number of halogens is 1. The summed E-state index contributed by atoms with van der Waals surface area (Å²) in [5.74, 6) is -1.39. The second kappa shape index (κ2) is 11.4. The minimum atomic E-state index is -0.629. The van der Waals surface area contributed by atoms with Gasteiger partial charge in [0.05, 0.1) is 11.8 Å². The standard InChI is InChI=1S/C27H34ClN3O4/c1-2-23(25(33)29-20-7-3-4-8-20)31(17-18-11-13-19(28)14-12-18)24(32)15-16-30-26(34)21-9-5-6-10-22(21)27(30)35/h5-6,11-14,20-23H,2-4,7-10,15-17H2,1H3,(H,29,33)/t21-,22+,23-/m0/s1. The first-order chi connectivity index (χ1) is 16.9. The molecule has 0 spiro atoms. The van der Waals surface area contributed by atoms with Crippen LogP contribution >= 0.6 is 11.6 Å². The van der Waals surface area contributed by atoms with Crippen LogP contribution in [-0.2, 0) is 25.7 Å². The summed E-state index contributed by atoms with van der Waals surface area (Å²) in [4.78, 5) is 55.2. The fourth-order valence-electron chi connectivity index (χ4n) is 5.51. The summed E-state index contributed by atoms with van der Waals surface area (Å²) in [6.07, 6.45) is 9.62. The molecule has 8 heteroatoms. The molecular formula is C27H34ClN3O4. The quantitative estimate of drug-likeness (QED) is 0.413. The summed E-state index contributed by atoms with van der Waals surface area (Å²) in [5.41, 5.74) is 0.861. The molecule has 0 unspecified atom stereocenters. The van der Waals surface area contributed by atoms with Crippen LogP contribution in [0.1, 0.15) is 63.9 Å². The average molecular weight is 500 g/mol. The molecule has 7 nitrogen and oxygen atoms in total. The number of benzene rings is 1. The van der Waals surface area contributed by atoms with E-state index in [1.54, 1.807) is 17.0 Å². The monoisotopic (exact) mass is 499 g/mol. The Morgan fingerprint density at radius 1 is 1.06 bits per heavy atom. The van der Waals surface area contributed by atoms with Crippen molar-refractivity contribution in [3.8, 4) is 0 Å². The van der Waals surface area contributed by atoms with Gasteiger partial charge in [-0.3, -0.25) is 24.1 Å². The molecule has 1 saturated carbocycles. The molecule has 3 aliphatic rings. The minimum Gasteiger partial charge on any atom is -0.352 e. The van der Waals surface area contributed by atoms with Gasteiger partial charge in [-0.25, -0.2) is 0 Å². The first kappa shape index (κ1) is 25.4. The van der Waals surface area contributed by atoms with Gasteiger partial charge >= 0.3 is 0 Å². The predicted octanol–water partition coefficient (Wildman–Crippen LogP) is 3.85. The summed E-state index contributed by atoms with van der Waals surface area (Å²) in [5, 5.41) is 3.72. The highest BCUT2D eigenvalue weighted by Gasteiger charge is 2.47. The number of imide groups is 1. The molecule has 4 amide bonds. The molecule has 1 aromatic carbocycles. The van der Waals surface area contributed by atoms with Gasteiger partial charge < -0.3 is 10.2 Å². The largest absolute Gasteiger partial charge is 0.352 e. The Hall–Kier alpha value is -2.67. The van der Waals surface area contributed by atoms with E-state index in [2.05, 4.69) is 5.32 Å². The van der Waals surface area contributed by atoms with Crippen molar-refractivity contribution >= 4 is 35.2 Å². The van der Waals surface area contributed by atoms with Gasteiger partial charge in [0.25, 0.3) is 0 Å². The molecular weight excluding hydrogens is 466 g/mol. The topological polar surface area (TPSA) is 86.8 Å². The molecule has 0 bridgehead atoms. The molecule has 4 rings (SSSR count). The Morgan fingerprint density at radius 2 is 1.66 bits per heavy atom. The Balaban J connectivity index is 1.47. The van der Waals surface area contributed by atoms with Crippen LogP contribution in [0.2, 0.25) is 5.02 Å². The number of fused-ring (bicyclic) bond motifs is 1. The van der Waals surface area contributed by atoms with E-state index in [4.69, 9.17) is 11.6 Å². The van der Waals surface area contributed by atoms with E-state index in [1.165, 1.54) is 4.90 Å². The van der Waals surface area contributed by atoms with E-state index in [0.717, 1.165) is 31.2 Å². The normalized spacial score (nSPS) is 22.9. The van der Waals surface area contributed by atoms with Crippen molar-refractivity contribution in [3.63, 3.8) is 0 Å². The maximum Gasteiger partial charge on any atom is 0.243 e. The van der Waals surface area contributed by atoms with Gasteiger partial charge in [0, 0.05) is 30.6 Å². The van der Waals surface area contributed by atoms with Crippen LogP contribution in [0.4, 0.5) is 0 Å². The highest BCUT2D eigenvalue weighted by molar-refractivity contribution is 6.30. The van der Waals surface area contributed by atoms with E-state index in [9.17, 15) is 19.2 Å². The van der Waals surface area contributed by atoms with Crippen molar-refractivity contribution in [2.75, 3.05) is 6.54 Å². The maximum atomic E-state index is 13.5. The Labute approximate surface area is 211 Å². The van der Waals surface area contributed by atoms with Crippen molar-refractivity contribution in [2.45, 2.75) is 76.9 Å². The van der Waals surface area contributed by atoms with E-state index in [1.807, 2.05) is 31.2 Å². The zero-order valence-corrected chi connectivity index (χ0v) is 21.0. The Kier molecular flexibility index (Phi) is 8.26. The fourth-order valence-corrected chi connectivity index (χ4v) is 5.64. The van der Waals surface area contributed by atoms with Crippen LogP contribution < -0.4 is 5.32 Å². The number of allylic oxidation sites excluding steroid dienone is 2. The molecule has 1 aromatic rings. The highest BCUT2D eigenvalue weighted by atomic mass is 35.5. The number of amides is 4. The Morgan fingerprint density at radius 3 is 2.23 bits per heavy atom. The molecule has 2 aliphatic carbocycles. The molecule has 2 fully saturated rings. The SMILES string of the molecule is CC[C@@H](C(=O)NC1CCCC1)N(Cc1ccc(Cl)cc1)C(=O)CCN1C(=O)[C@H]2CC=CC[C@H]2C1=O. The summed E-state index contributed by atoms with van der Waals surface area (Å²) >= 11 is 6.03. The Bertz CT molecular complexity index is 961. The van der Waals surface area contributed by atoms with Crippen LogP contribution in [0, 0.1) is 11.8 Å². The third kappa shape index (κ3) is 5.77. The van der Waals surface area contributed by atoms with Crippen LogP contribution in [0.25, 0.3) is 0 Å². The molecule has 188 valence electrons. The number of nitrogens with one attached hydrogen (secondary N) is 1. The summed E-state index contributed by atoms with van der Waals surface area (Å²) < 4.78 is 0. The maximum absolute atomic E-state index is 13.5. The summed E-state index contributed by atoms with van der Waals surface area (Å²) in [6.45, 7) is 2.19. The average Bonchev–Trinajstić information content (AvgIpc) is 3.45. The second-order valence-electron chi connectivity index (χ2n) is 9.80. The van der Waals surface area contributed by atoms with Crippen LogP contribution in [0.3, 0.4) is 0 Å². The lowest BCUT2D eigenvalue weighted by molar-refractivity contribution is -0.144. The third-order valence-electron chi connectivity index (χ3n) is 7.50. The smallest absolute Gasteiger partial charge is 0.243 e. The lowest BCUT2D eigenvalue weighted by atomic mass is 9.85. The number of carbonyl (C=O) groups excluding carboxylic acids is 4. The molecule has 1 heterocycles. The van der Waals surface area contributed by atoms with Crippen molar-refractivity contribution in [2.24, 2.45) is 11.8 Å². The third-order valence-corrected chi connectivity index (χ3v) is 7.75. The number of rotatable bonds is 9. The molecule has 35 heavy (non-hydrogen) atoms. The van der Waals surface area contributed by atoms with Gasteiger partial charge in [-0.15, -0.1) is 0 Å². The number of hydrogen-bond donors (Lipinski definition) is 1. The van der Waals surface area contributed by atoms with Gasteiger partial charge in [0.15, 0.2) is 0 Å². The zero-order valence-electron chi connectivity index (χ0n) is 20.2. The molecule has 3 atom stereocenters. The number of nitrogens with zero attached hydrogens (tertiary/aromatic N) is 2. The van der Waals surface area contributed by atoms with E-state index in [0.29, 0.717) is 24.3 Å².